The lowest BCUT2D eigenvalue weighted by molar-refractivity contribution is -0.143. The van der Waals surface area contributed by atoms with E-state index in [2.05, 4.69) is 31.2 Å². The number of carbonyl (C=O) groups excluding carboxylic acids is 3. The number of nitrogens with two attached hydrogens (primary N) is 1. The van der Waals surface area contributed by atoms with E-state index in [1.54, 1.807) is 0 Å². The molecule has 4 unspecified atom stereocenters. The summed E-state index contributed by atoms with van der Waals surface area (Å²) >= 11 is 0. The molecular formula is C22H35N7O7. The number of hydrogen-bond acceptors (Lipinski definition) is 8. The molecule has 14 nitrogen and oxygen atoms in total. The summed E-state index contributed by atoms with van der Waals surface area (Å²) in [6.45, 7) is 1.13. The van der Waals surface area contributed by atoms with E-state index in [9.17, 15) is 29.1 Å². The highest BCUT2D eigenvalue weighted by Gasteiger charge is 2.31. The SMILES string of the molecule is NCCCCC(NC(=O)C1CCCN1)C(=O)NC(Cc1cnc[nH]1)C(=O)NC(CCC(=O)O)C(=O)O. The molecule has 0 spiro atoms. The number of H-pyrrole nitrogens is 1. The summed E-state index contributed by atoms with van der Waals surface area (Å²) in [4.78, 5) is 67.9. The number of hydrogen-bond donors (Lipinski definition) is 8. The van der Waals surface area contributed by atoms with Crippen LogP contribution in [0.25, 0.3) is 0 Å². The summed E-state index contributed by atoms with van der Waals surface area (Å²) in [5, 5.41) is 29.0. The Morgan fingerprint density at radius 3 is 2.33 bits per heavy atom. The first kappa shape index (κ1) is 28.7. The number of aromatic nitrogens is 2. The molecule has 4 atom stereocenters. The Kier molecular flexibility index (Phi) is 11.8. The van der Waals surface area contributed by atoms with Crippen molar-refractivity contribution >= 4 is 29.7 Å². The summed E-state index contributed by atoms with van der Waals surface area (Å²) in [5.74, 6) is -4.32. The Bertz CT molecular complexity index is 887. The van der Waals surface area contributed by atoms with Gasteiger partial charge in [0.2, 0.25) is 17.7 Å². The van der Waals surface area contributed by atoms with Crippen molar-refractivity contribution in [3.8, 4) is 0 Å². The maximum atomic E-state index is 13.2. The monoisotopic (exact) mass is 509 g/mol. The normalized spacial score (nSPS) is 17.5. The maximum Gasteiger partial charge on any atom is 0.326 e. The minimum atomic E-state index is -1.46. The summed E-state index contributed by atoms with van der Waals surface area (Å²) in [7, 11) is 0. The predicted octanol–water partition coefficient (Wildman–Crippen LogP) is -1.76. The molecule has 9 N–H and O–H groups in total. The van der Waals surface area contributed by atoms with Crippen LogP contribution in [0.15, 0.2) is 12.5 Å². The molecular weight excluding hydrogens is 474 g/mol. The van der Waals surface area contributed by atoms with E-state index in [4.69, 9.17) is 10.8 Å². The number of carboxylic acid groups (broad SMARTS) is 2. The molecule has 0 radical (unpaired) electrons. The van der Waals surface area contributed by atoms with Crippen LogP contribution in [-0.2, 0) is 30.4 Å². The second kappa shape index (κ2) is 14.8. The first-order chi connectivity index (χ1) is 17.2. The van der Waals surface area contributed by atoms with Crippen LogP contribution in [-0.4, -0.2) is 87.1 Å². The molecule has 3 amide bonds. The van der Waals surface area contributed by atoms with Gasteiger partial charge in [-0.25, -0.2) is 9.78 Å². The van der Waals surface area contributed by atoms with E-state index in [-0.39, 0.29) is 18.7 Å². The fraction of sp³-hybridized carbons (Fsp3) is 0.636. The van der Waals surface area contributed by atoms with Crippen LogP contribution in [0.2, 0.25) is 0 Å². The molecule has 0 aliphatic carbocycles. The first-order valence-electron chi connectivity index (χ1n) is 12.0. The average molecular weight is 510 g/mol. The van der Waals surface area contributed by atoms with Crippen LogP contribution in [0.3, 0.4) is 0 Å². The second-order valence-electron chi connectivity index (χ2n) is 8.67. The Labute approximate surface area is 208 Å². The molecule has 1 aromatic heterocycles. The van der Waals surface area contributed by atoms with Gasteiger partial charge < -0.3 is 42.2 Å². The van der Waals surface area contributed by atoms with E-state index in [0.717, 1.165) is 6.42 Å². The summed E-state index contributed by atoms with van der Waals surface area (Å²) in [6, 6.07) is -3.98. The van der Waals surface area contributed by atoms with Gasteiger partial charge >= 0.3 is 11.9 Å². The topological polar surface area (TPSA) is 229 Å². The highest BCUT2D eigenvalue weighted by molar-refractivity contribution is 5.94. The van der Waals surface area contributed by atoms with Crippen molar-refractivity contribution < 1.29 is 34.2 Å². The van der Waals surface area contributed by atoms with Gasteiger partial charge in [0.05, 0.1) is 12.4 Å². The van der Waals surface area contributed by atoms with E-state index in [0.29, 0.717) is 44.5 Å². The van der Waals surface area contributed by atoms with Gasteiger partial charge in [-0.2, -0.15) is 0 Å². The van der Waals surface area contributed by atoms with Crippen molar-refractivity contribution in [2.75, 3.05) is 13.1 Å². The van der Waals surface area contributed by atoms with Gasteiger partial charge in [0.15, 0.2) is 0 Å². The van der Waals surface area contributed by atoms with Crippen LogP contribution in [0.1, 0.15) is 50.6 Å². The summed E-state index contributed by atoms with van der Waals surface area (Å²) < 4.78 is 0. The first-order valence-corrected chi connectivity index (χ1v) is 12.0. The molecule has 0 aromatic carbocycles. The third kappa shape index (κ3) is 9.62. The second-order valence-corrected chi connectivity index (χ2v) is 8.67. The van der Waals surface area contributed by atoms with E-state index in [1.807, 2.05) is 0 Å². The number of aromatic amines is 1. The lowest BCUT2D eigenvalue weighted by Crippen LogP contribution is -2.57. The molecule has 1 aliphatic heterocycles. The molecule has 36 heavy (non-hydrogen) atoms. The Morgan fingerprint density at radius 2 is 1.75 bits per heavy atom. The quantitative estimate of drug-likeness (QED) is 0.117. The van der Waals surface area contributed by atoms with Crippen LogP contribution in [0.5, 0.6) is 0 Å². The van der Waals surface area contributed by atoms with E-state index in [1.165, 1.54) is 12.5 Å². The number of unbranched alkanes of at least 4 members (excludes halogenated alkanes) is 1. The third-order valence-electron chi connectivity index (χ3n) is 5.83. The van der Waals surface area contributed by atoms with Crippen molar-refractivity contribution in [3.63, 3.8) is 0 Å². The number of carbonyl (C=O) groups is 5. The van der Waals surface area contributed by atoms with Gasteiger partial charge in [-0.1, -0.05) is 0 Å². The van der Waals surface area contributed by atoms with E-state index >= 15 is 0 Å². The molecule has 14 heteroatoms. The predicted molar refractivity (Wildman–Crippen MR) is 127 cm³/mol. The third-order valence-corrected chi connectivity index (χ3v) is 5.83. The van der Waals surface area contributed by atoms with Crippen LogP contribution < -0.4 is 27.0 Å². The number of carboxylic acids is 2. The molecule has 0 bridgehead atoms. The van der Waals surface area contributed by atoms with E-state index < -0.39 is 54.3 Å². The highest BCUT2D eigenvalue weighted by atomic mass is 16.4. The maximum absolute atomic E-state index is 13.2. The highest BCUT2D eigenvalue weighted by Crippen LogP contribution is 2.09. The van der Waals surface area contributed by atoms with Crippen molar-refractivity contribution in [2.24, 2.45) is 5.73 Å². The van der Waals surface area contributed by atoms with Crippen molar-refractivity contribution in [1.29, 1.82) is 0 Å². The molecule has 0 saturated carbocycles. The summed E-state index contributed by atoms with van der Waals surface area (Å²) in [5.41, 5.74) is 6.06. The zero-order valence-electron chi connectivity index (χ0n) is 20.0. The molecule has 1 aromatic rings. The number of nitrogens with zero attached hydrogens (tertiary/aromatic N) is 1. The van der Waals surface area contributed by atoms with Gasteiger partial charge in [0.1, 0.15) is 18.1 Å². The number of rotatable bonds is 16. The molecule has 2 heterocycles. The number of amides is 3. The zero-order valence-corrected chi connectivity index (χ0v) is 20.0. The summed E-state index contributed by atoms with van der Waals surface area (Å²) in [6.07, 6.45) is 5.05. The number of aliphatic carboxylic acids is 2. The minimum absolute atomic E-state index is 0.0313. The Hall–Kier alpha value is -3.52. The fourth-order valence-electron chi connectivity index (χ4n) is 3.84. The van der Waals surface area contributed by atoms with Gasteiger partial charge in [0, 0.05) is 24.7 Å². The zero-order chi connectivity index (χ0) is 26.5. The smallest absolute Gasteiger partial charge is 0.326 e. The molecule has 2 rings (SSSR count). The lowest BCUT2D eigenvalue weighted by Gasteiger charge is -2.25. The van der Waals surface area contributed by atoms with Gasteiger partial charge in [-0.3, -0.25) is 19.2 Å². The lowest BCUT2D eigenvalue weighted by atomic mass is 10.0. The standard InChI is InChI=1S/C22H35N7O7/c23-8-2-1-4-15(27-19(32)14-5-3-9-25-14)20(33)29-17(10-13-11-24-12-26-13)21(34)28-16(22(35)36)6-7-18(30)31/h11-12,14-17,25H,1-10,23H2,(H,24,26)(H,27,32)(H,28,34)(H,29,33)(H,30,31)(H,35,36). The van der Waals surface area contributed by atoms with Crippen LogP contribution in [0, 0.1) is 0 Å². The Morgan fingerprint density at radius 1 is 1.03 bits per heavy atom. The number of imidazole rings is 1. The Balaban J connectivity index is 2.14. The molecule has 1 fully saturated rings. The minimum Gasteiger partial charge on any atom is -0.481 e. The molecule has 1 saturated heterocycles. The molecule has 1 aliphatic rings. The van der Waals surface area contributed by atoms with Crippen molar-refractivity contribution in [3.05, 3.63) is 18.2 Å². The largest absolute Gasteiger partial charge is 0.481 e. The van der Waals surface area contributed by atoms with Crippen LogP contribution in [0.4, 0.5) is 0 Å². The van der Waals surface area contributed by atoms with Crippen LogP contribution >= 0.6 is 0 Å². The van der Waals surface area contributed by atoms with Crippen molar-refractivity contribution in [1.82, 2.24) is 31.2 Å². The number of nitrogens with one attached hydrogen (secondary N) is 5. The average Bonchev–Trinajstić information content (AvgIpc) is 3.54. The van der Waals surface area contributed by atoms with Gasteiger partial charge in [-0.15, -0.1) is 0 Å². The van der Waals surface area contributed by atoms with Gasteiger partial charge in [-0.05, 0) is 51.6 Å². The fourth-order valence-corrected chi connectivity index (χ4v) is 3.84. The van der Waals surface area contributed by atoms with Crippen molar-refractivity contribution in [2.45, 2.75) is 75.5 Å². The molecule has 200 valence electrons. The van der Waals surface area contributed by atoms with Gasteiger partial charge in [0.25, 0.3) is 0 Å².